The number of rotatable bonds is 7. The molecule has 1 heterocycles. The van der Waals surface area contributed by atoms with Crippen LogP contribution in [0.25, 0.3) is 0 Å². The number of likely N-dealkylation sites (N-methyl/N-ethyl adjacent to an activating group) is 1. The minimum Gasteiger partial charge on any atom is -0.377 e. The van der Waals surface area contributed by atoms with E-state index < -0.39 is 10.0 Å². The summed E-state index contributed by atoms with van der Waals surface area (Å²) in [5.74, 6) is -0.303. The first-order valence-corrected chi connectivity index (χ1v) is 9.93. The highest BCUT2D eigenvalue weighted by Gasteiger charge is 2.27. The number of carbonyl (C=O) groups is 1. The van der Waals surface area contributed by atoms with Crippen molar-refractivity contribution >= 4 is 15.9 Å². The molecule has 1 saturated heterocycles. The summed E-state index contributed by atoms with van der Waals surface area (Å²) in [6.07, 6.45) is 0.106. The van der Waals surface area contributed by atoms with Crippen molar-refractivity contribution < 1.29 is 17.9 Å². The van der Waals surface area contributed by atoms with E-state index in [1.807, 2.05) is 20.9 Å². The van der Waals surface area contributed by atoms with Gasteiger partial charge in [-0.1, -0.05) is 6.07 Å². The number of hydrogen-bond donors (Lipinski definition) is 1. The molecular formula is C17H27N3O4S. The van der Waals surface area contributed by atoms with Crippen molar-refractivity contribution in [1.29, 1.82) is 0 Å². The Kier molecular flexibility index (Phi) is 6.95. The Morgan fingerprint density at radius 3 is 2.56 bits per heavy atom. The number of ether oxygens (including phenoxy) is 1. The van der Waals surface area contributed by atoms with Crippen LogP contribution in [0.1, 0.15) is 24.2 Å². The standard InChI is InChI=1S/C17H27N3O4S/c1-14(2)24-12-7-18-17(21)15-5-4-6-16(13-15)25(22,23)20-10-8-19(3)9-11-20/h4-6,13-14H,7-12H2,1-3H3,(H,18,21). The van der Waals surface area contributed by atoms with Crippen LogP contribution in [0.5, 0.6) is 0 Å². The Hall–Kier alpha value is -1.48. The molecule has 1 aliphatic rings. The number of sulfonamides is 1. The van der Waals surface area contributed by atoms with Gasteiger partial charge in [0.15, 0.2) is 0 Å². The number of nitrogens with one attached hydrogen (secondary N) is 1. The monoisotopic (exact) mass is 369 g/mol. The Bertz CT molecular complexity index is 683. The zero-order chi connectivity index (χ0) is 18.4. The maximum Gasteiger partial charge on any atom is 0.251 e. The number of hydrogen-bond acceptors (Lipinski definition) is 5. The number of carbonyl (C=O) groups excluding carboxylic acids is 1. The molecule has 1 aromatic carbocycles. The van der Waals surface area contributed by atoms with Gasteiger partial charge < -0.3 is 15.0 Å². The highest BCUT2D eigenvalue weighted by Crippen LogP contribution is 2.18. The normalized spacial score (nSPS) is 17.0. The fraction of sp³-hybridized carbons (Fsp3) is 0.588. The second-order valence-electron chi connectivity index (χ2n) is 6.41. The van der Waals surface area contributed by atoms with Crippen molar-refractivity contribution in [3.8, 4) is 0 Å². The molecule has 140 valence electrons. The van der Waals surface area contributed by atoms with E-state index in [0.717, 1.165) is 0 Å². The van der Waals surface area contributed by atoms with Crippen LogP contribution < -0.4 is 5.32 Å². The fourth-order valence-corrected chi connectivity index (χ4v) is 4.01. The number of piperazine rings is 1. The van der Waals surface area contributed by atoms with E-state index in [-0.39, 0.29) is 16.9 Å². The summed E-state index contributed by atoms with van der Waals surface area (Å²) in [5.41, 5.74) is 0.333. The maximum absolute atomic E-state index is 12.8. The molecule has 0 bridgehead atoms. The molecular weight excluding hydrogens is 342 g/mol. The van der Waals surface area contributed by atoms with Gasteiger partial charge in [0.25, 0.3) is 5.91 Å². The summed E-state index contributed by atoms with van der Waals surface area (Å²) < 4.78 is 32.4. The molecule has 1 fully saturated rings. The van der Waals surface area contributed by atoms with Gasteiger partial charge in [0.2, 0.25) is 10.0 Å². The van der Waals surface area contributed by atoms with Gasteiger partial charge in [0.1, 0.15) is 0 Å². The quantitative estimate of drug-likeness (QED) is 0.719. The molecule has 0 atom stereocenters. The van der Waals surface area contributed by atoms with Crippen molar-refractivity contribution in [2.45, 2.75) is 24.8 Å². The highest BCUT2D eigenvalue weighted by atomic mass is 32.2. The third-order valence-electron chi connectivity index (χ3n) is 4.04. The molecule has 2 rings (SSSR count). The fourth-order valence-electron chi connectivity index (χ4n) is 2.54. The van der Waals surface area contributed by atoms with E-state index in [1.165, 1.54) is 16.4 Å². The van der Waals surface area contributed by atoms with Crippen molar-refractivity contribution in [3.05, 3.63) is 29.8 Å². The van der Waals surface area contributed by atoms with Gasteiger partial charge in [-0.3, -0.25) is 4.79 Å². The summed E-state index contributed by atoms with van der Waals surface area (Å²) in [6.45, 7) is 6.98. The Morgan fingerprint density at radius 1 is 1.24 bits per heavy atom. The van der Waals surface area contributed by atoms with E-state index in [2.05, 4.69) is 10.2 Å². The molecule has 1 aromatic rings. The lowest BCUT2D eigenvalue weighted by Crippen LogP contribution is -2.47. The van der Waals surface area contributed by atoms with Crippen molar-refractivity contribution in [2.24, 2.45) is 0 Å². The van der Waals surface area contributed by atoms with E-state index in [4.69, 9.17) is 4.74 Å². The molecule has 1 N–H and O–H groups in total. The van der Waals surface area contributed by atoms with Crippen molar-refractivity contribution in [2.75, 3.05) is 46.4 Å². The molecule has 1 aliphatic heterocycles. The molecule has 0 unspecified atom stereocenters. The predicted octanol–water partition coefficient (Wildman–Crippen LogP) is 0.778. The molecule has 25 heavy (non-hydrogen) atoms. The molecule has 1 amide bonds. The summed E-state index contributed by atoms with van der Waals surface area (Å²) in [5, 5.41) is 2.74. The van der Waals surface area contributed by atoms with Gasteiger partial charge >= 0.3 is 0 Å². The Labute approximate surface area is 150 Å². The van der Waals surface area contributed by atoms with Gasteiger partial charge in [0.05, 0.1) is 17.6 Å². The van der Waals surface area contributed by atoms with Gasteiger partial charge in [-0.05, 0) is 39.1 Å². The maximum atomic E-state index is 12.8. The minimum absolute atomic E-state index is 0.106. The molecule has 0 aromatic heterocycles. The highest BCUT2D eigenvalue weighted by molar-refractivity contribution is 7.89. The van der Waals surface area contributed by atoms with E-state index in [0.29, 0.717) is 44.9 Å². The molecule has 0 aliphatic carbocycles. The summed E-state index contributed by atoms with van der Waals surface area (Å²) >= 11 is 0. The molecule has 7 nitrogen and oxygen atoms in total. The van der Waals surface area contributed by atoms with Crippen LogP contribution in [0.4, 0.5) is 0 Å². The average molecular weight is 369 g/mol. The van der Waals surface area contributed by atoms with Gasteiger partial charge in [0, 0.05) is 38.3 Å². The lowest BCUT2D eigenvalue weighted by Gasteiger charge is -2.31. The van der Waals surface area contributed by atoms with Crippen molar-refractivity contribution in [1.82, 2.24) is 14.5 Å². The first kappa shape index (κ1) is 19.8. The third-order valence-corrected chi connectivity index (χ3v) is 5.93. The molecule has 0 saturated carbocycles. The second kappa shape index (κ2) is 8.75. The van der Waals surface area contributed by atoms with Crippen LogP contribution in [-0.2, 0) is 14.8 Å². The van der Waals surface area contributed by atoms with Crippen LogP contribution in [0.2, 0.25) is 0 Å². The van der Waals surface area contributed by atoms with Gasteiger partial charge in [-0.25, -0.2) is 8.42 Å². The zero-order valence-corrected chi connectivity index (χ0v) is 15.9. The second-order valence-corrected chi connectivity index (χ2v) is 8.35. The lowest BCUT2D eigenvalue weighted by atomic mass is 10.2. The number of nitrogens with zero attached hydrogens (tertiary/aromatic N) is 2. The SMILES string of the molecule is CC(C)OCCNC(=O)c1cccc(S(=O)(=O)N2CCN(C)CC2)c1. The molecule has 8 heteroatoms. The summed E-state index contributed by atoms with van der Waals surface area (Å²) in [4.78, 5) is 14.5. The largest absolute Gasteiger partial charge is 0.377 e. The van der Waals surface area contributed by atoms with Crippen LogP contribution in [0.3, 0.4) is 0 Å². The van der Waals surface area contributed by atoms with E-state index in [9.17, 15) is 13.2 Å². The first-order chi connectivity index (χ1) is 11.8. The minimum atomic E-state index is -3.58. The van der Waals surface area contributed by atoms with Gasteiger partial charge in [-0.15, -0.1) is 0 Å². The summed E-state index contributed by atoms with van der Waals surface area (Å²) in [6, 6.07) is 6.18. The molecule has 0 spiro atoms. The van der Waals surface area contributed by atoms with Crippen LogP contribution >= 0.6 is 0 Å². The van der Waals surface area contributed by atoms with Gasteiger partial charge in [-0.2, -0.15) is 4.31 Å². The number of benzene rings is 1. The molecule has 0 radical (unpaired) electrons. The first-order valence-electron chi connectivity index (χ1n) is 8.49. The predicted molar refractivity (Wildman–Crippen MR) is 96.1 cm³/mol. The topological polar surface area (TPSA) is 78.9 Å². The van der Waals surface area contributed by atoms with Crippen molar-refractivity contribution in [3.63, 3.8) is 0 Å². The Balaban J connectivity index is 2.03. The van der Waals surface area contributed by atoms with E-state index >= 15 is 0 Å². The number of amides is 1. The zero-order valence-electron chi connectivity index (χ0n) is 15.1. The third kappa shape index (κ3) is 5.50. The summed E-state index contributed by atoms with van der Waals surface area (Å²) in [7, 11) is -1.61. The van der Waals surface area contributed by atoms with E-state index in [1.54, 1.807) is 12.1 Å². The van der Waals surface area contributed by atoms with Crippen LogP contribution in [0.15, 0.2) is 29.2 Å². The van der Waals surface area contributed by atoms with Crippen LogP contribution in [0, 0.1) is 0 Å². The Morgan fingerprint density at radius 2 is 1.92 bits per heavy atom. The van der Waals surface area contributed by atoms with Crippen LogP contribution in [-0.4, -0.2) is 76.0 Å². The average Bonchev–Trinajstić information content (AvgIpc) is 2.59. The lowest BCUT2D eigenvalue weighted by molar-refractivity contribution is 0.0746. The smallest absolute Gasteiger partial charge is 0.251 e.